The summed E-state index contributed by atoms with van der Waals surface area (Å²) in [5.74, 6) is 0. The molecule has 0 saturated heterocycles. The van der Waals surface area contributed by atoms with E-state index in [1.807, 2.05) is 0 Å². The number of carbonyl (C=O) groups excluding carboxylic acids is 3. The van der Waals surface area contributed by atoms with Gasteiger partial charge in [0.15, 0.2) is 0 Å². The molecule has 6 heteroatoms. The zero-order chi connectivity index (χ0) is 10.8. The maximum atomic E-state index is 8.35. The molecule has 0 aromatic carbocycles. The van der Waals surface area contributed by atoms with Crippen molar-refractivity contribution >= 4 is 18.2 Å². The fourth-order valence-electron chi connectivity index (χ4n) is 0. The molecule has 3 N–H and O–H groups in total. The van der Waals surface area contributed by atoms with Gasteiger partial charge in [-0.15, -0.1) is 0 Å². The summed E-state index contributed by atoms with van der Waals surface area (Å²) in [6.07, 6.45) is 3.50. The van der Waals surface area contributed by atoms with Crippen molar-refractivity contribution in [3.8, 4) is 0 Å². The van der Waals surface area contributed by atoms with Crippen molar-refractivity contribution in [3.63, 3.8) is 0 Å². The van der Waals surface area contributed by atoms with Gasteiger partial charge in [-0.05, 0) is 0 Å². The molecular formula is C6H11N3O3. The van der Waals surface area contributed by atoms with Crippen LogP contribution < -0.4 is 0 Å². The summed E-state index contributed by atoms with van der Waals surface area (Å²) < 4.78 is 0. The Morgan fingerprint density at radius 1 is 0.833 bits per heavy atom. The van der Waals surface area contributed by atoms with Crippen LogP contribution in [0.1, 0.15) is 20.3 Å². The van der Waals surface area contributed by atoms with E-state index in [1.165, 1.54) is 6.42 Å². The highest BCUT2D eigenvalue weighted by Crippen LogP contribution is 1.56. The van der Waals surface area contributed by atoms with Crippen LogP contribution >= 0.6 is 0 Å². The van der Waals surface area contributed by atoms with Crippen LogP contribution in [0.5, 0.6) is 0 Å². The minimum atomic E-state index is 0.750. The SMILES string of the molecule is CCC.N=C=O.N=C=O.N=C=O. The molecule has 0 aromatic rings. The van der Waals surface area contributed by atoms with Crippen molar-refractivity contribution in [1.82, 2.24) is 0 Å². The molecule has 0 atom stereocenters. The van der Waals surface area contributed by atoms with Gasteiger partial charge in [0, 0.05) is 0 Å². The summed E-state index contributed by atoms with van der Waals surface area (Å²) in [4.78, 5) is 25.0. The van der Waals surface area contributed by atoms with E-state index in [2.05, 4.69) is 13.8 Å². The Kier molecular flexibility index (Phi) is 248. The van der Waals surface area contributed by atoms with Gasteiger partial charge in [-0.3, -0.25) is 0 Å². The number of hydrogen-bond acceptors (Lipinski definition) is 6. The number of rotatable bonds is 0. The van der Waals surface area contributed by atoms with Crippen LogP contribution in [0.15, 0.2) is 0 Å². The van der Waals surface area contributed by atoms with Crippen LogP contribution in [-0.4, -0.2) is 18.2 Å². The van der Waals surface area contributed by atoms with Crippen LogP contribution in [0, 0.1) is 16.2 Å². The molecule has 68 valence electrons. The molecule has 0 aliphatic heterocycles. The minimum Gasteiger partial charge on any atom is -0.222 e. The second-order valence-corrected chi connectivity index (χ2v) is 1.01. The average molecular weight is 173 g/mol. The van der Waals surface area contributed by atoms with E-state index in [1.54, 1.807) is 0 Å². The Hall–Kier alpha value is -1.86. The Morgan fingerprint density at radius 2 is 0.833 bits per heavy atom. The summed E-state index contributed by atoms with van der Waals surface area (Å²) in [6.45, 7) is 4.25. The molecular weight excluding hydrogens is 162 g/mol. The van der Waals surface area contributed by atoms with Crippen molar-refractivity contribution in [3.05, 3.63) is 0 Å². The first kappa shape index (κ1) is 22.5. The predicted octanol–water partition coefficient (Wildman–Crippen LogP) is 1.12. The van der Waals surface area contributed by atoms with E-state index in [-0.39, 0.29) is 0 Å². The van der Waals surface area contributed by atoms with Crippen molar-refractivity contribution in [2.24, 2.45) is 0 Å². The lowest BCUT2D eigenvalue weighted by atomic mass is 10.6. The standard InChI is InChI=1S/C3H8.3CHNO/c1-3-2;3*2-1-3/h3H2,1-2H3;3*2H. The van der Waals surface area contributed by atoms with Gasteiger partial charge in [-0.1, -0.05) is 20.3 Å². The molecule has 12 heavy (non-hydrogen) atoms. The molecule has 0 fully saturated rings. The summed E-state index contributed by atoms with van der Waals surface area (Å²) in [6, 6.07) is 0. The van der Waals surface area contributed by atoms with Crippen molar-refractivity contribution in [2.75, 3.05) is 0 Å². The second-order valence-electron chi connectivity index (χ2n) is 1.01. The number of isocyanates is 3. The monoisotopic (exact) mass is 173 g/mol. The highest BCUT2D eigenvalue weighted by Gasteiger charge is 1.35. The van der Waals surface area contributed by atoms with Gasteiger partial charge in [0.1, 0.15) is 0 Å². The lowest BCUT2D eigenvalue weighted by Crippen LogP contribution is -1.27. The van der Waals surface area contributed by atoms with E-state index < -0.39 is 0 Å². The summed E-state index contributed by atoms with van der Waals surface area (Å²) in [5, 5.41) is 16.2. The molecule has 0 radical (unpaired) electrons. The van der Waals surface area contributed by atoms with E-state index in [0.717, 1.165) is 18.2 Å². The molecule has 0 saturated carbocycles. The molecule has 0 amide bonds. The normalized spacial score (nSPS) is 3.50. The topological polar surface area (TPSA) is 123 Å². The maximum Gasteiger partial charge on any atom is 0.231 e. The Labute approximate surface area is 70.1 Å². The molecule has 0 aromatic heterocycles. The molecule has 0 aliphatic carbocycles. The van der Waals surface area contributed by atoms with Crippen molar-refractivity contribution in [2.45, 2.75) is 20.3 Å². The molecule has 0 spiro atoms. The lowest BCUT2D eigenvalue weighted by Gasteiger charge is -1.48. The van der Waals surface area contributed by atoms with Gasteiger partial charge < -0.3 is 0 Å². The molecule has 0 heterocycles. The Morgan fingerprint density at radius 3 is 0.833 bits per heavy atom. The van der Waals surface area contributed by atoms with Gasteiger partial charge in [0.05, 0.1) is 0 Å². The van der Waals surface area contributed by atoms with E-state index in [9.17, 15) is 0 Å². The maximum absolute atomic E-state index is 8.35. The zero-order valence-corrected chi connectivity index (χ0v) is 6.93. The smallest absolute Gasteiger partial charge is 0.222 e. The van der Waals surface area contributed by atoms with Crippen molar-refractivity contribution < 1.29 is 14.4 Å². The Bertz CT molecular complexity index is 121. The number of nitrogens with one attached hydrogen (secondary N) is 3. The van der Waals surface area contributed by atoms with E-state index in [0.29, 0.717) is 0 Å². The Balaban J connectivity index is -0.0000000356. The van der Waals surface area contributed by atoms with Crippen LogP contribution in [0.4, 0.5) is 0 Å². The fraction of sp³-hybridized carbons (Fsp3) is 0.500. The van der Waals surface area contributed by atoms with E-state index >= 15 is 0 Å². The number of hydrogen-bond donors (Lipinski definition) is 3. The van der Waals surface area contributed by atoms with Crippen LogP contribution in [0.2, 0.25) is 0 Å². The largest absolute Gasteiger partial charge is 0.231 e. The molecule has 0 unspecified atom stereocenters. The van der Waals surface area contributed by atoms with Gasteiger partial charge in [0.25, 0.3) is 0 Å². The minimum absolute atomic E-state index is 0.750. The first-order valence-electron chi connectivity index (χ1n) is 2.78. The molecule has 0 aliphatic rings. The third kappa shape index (κ3) is 120. The van der Waals surface area contributed by atoms with Crippen LogP contribution in [0.25, 0.3) is 0 Å². The van der Waals surface area contributed by atoms with Gasteiger partial charge in [-0.2, -0.15) is 0 Å². The third-order valence-electron chi connectivity index (χ3n) is 0. The van der Waals surface area contributed by atoms with Crippen LogP contribution in [0.3, 0.4) is 0 Å². The lowest BCUT2D eigenvalue weighted by molar-refractivity contribution is 0.562. The first-order valence-corrected chi connectivity index (χ1v) is 2.78. The highest BCUT2D eigenvalue weighted by molar-refractivity contribution is 5.26. The van der Waals surface area contributed by atoms with Gasteiger partial charge in [-0.25, -0.2) is 30.6 Å². The average Bonchev–Trinajstić information content (AvgIpc) is 1.92. The third-order valence-corrected chi connectivity index (χ3v) is 0. The molecule has 0 bridgehead atoms. The molecule has 0 rings (SSSR count). The quantitative estimate of drug-likeness (QED) is 0.375. The predicted molar refractivity (Wildman–Crippen MR) is 41.2 cm³/mol. The second kappa shape index (κ2) is 132. The highest BCUT2D eigenvalue weighted by atomic mass is 16.1. The van der Waals surface area contributed by atoms with Crippen molar-refractivity contribution in [1.29, 1.82) is 16.2 Å². The molecule has 6 nitrogen and oxygen atoms in total. The summed E-state index contributed by atoms with van der Waals surface area (Å²) >= 11 is 0. The zero-order valence-electron chi connectivity index (χ0n) is 6.93. The summed E-state index contributed by atoms with van der Waals surface area (Å²) in [5.41, 5.74) is 0. The van der Waals surface area contributed by atoms with Gasteiger partial charge >= 0.3 is 0 Å². The first-order chi connectivity index (χ1) is 5.66. The van der Waals surface area contributed by atoms with Crippen LogP contribution in [-0.2, 0) is 14.4 Å². The fourth-order valence-corrected chi connectivity index (χ4v) is 0. The van der Waals surface area contributed by atoms with Gasteiger partial charge in [0.2, 0.25) is 18.2 Å². The summed E-state index contributed by atoms with van der Waals surface area (Å²) in [7, 11) is 0. The van der Waals surface area contributed by atoms with E-state index in [4.69, 9.17) is 30.6 Å².